The van der Waals surface area contributed by atoms with E-state index < -0.39 is 0 Å². The van der Waals surface area contributed by atoms with Crippen molar-refractivity contribution in [1.29, 1.82) is 0 Å². The average Bonchev–Trinajstić information content (AvgIpc) is 3.64. The molecule has 0 saturated carbocycles. The number of hydrogen-bond acceptors (Lipinski definition) is 9. The second kappa shape index (κ2) is 9.20. The SMILES string of the molecule is Cc1ccsc1-c1nnc(NC(=O)c2cc(-c3ccccc3)nc3nc(N4CCCCC4)sc23)o1. The van der Waals surface area contributed by atoms with E-state index in [0.29, 0.717) is 22.8 Å². The van der Waals surface area contributed by atoms with E-state index in [-0.39, 0.29) is 11.9 Å². The molecule has 1 saturated heterocycles. The molecule has 0 radical (unpaired) electrons. The highest BCUT2D eigenvalue weighted by Crippen LogP contribution is 2.35. The number of nitrogens with zero attached hydrogens (tertiary/aromatic N) is 5. The van der Waals surface area contributed by atoms with Crippen LogP contribution >= 0.6 is 22.7 Å². The first-order valence-electron chi connectivity index (χ1n) is 11.5. The van der Waals surface area contributed by atoms with E-state index in [1.165, 1.54) is 29.1 Å². The van der Waals surface area contributed by atoms with Gasteiger partial charge >= 0.3 is 6.01 Å². The molecule has 10 heteroatoms. The van der Waals surface area contributed by atoms with Crippen LogP contribution in [-0.2, 0) is 0 Å². The molecule has 1 aliphatic rings. The summed E-state index contributed by atoms with van der Waals surface area (Å²) in [6.45, 7) is 3.93. The number of carbonyl (C=O) groups is 1. The fourth-order valence-corrected chi connectivity index (χ4v) is 6.08. The number of nitrogens with one attached hydrogen (secondary N) is 1. The lowest BCUT2D eigenvalue weighted by molar-refractivity contribution is 0.102. The number of fused-ring (bicyclic) bond motifs is 1. The average molecular weight is 503 g/mol. The molecule has 5 aromatic rings. The third-order valence-electron chi connectivity index (χ3n) is 5.99. The van der Waals surface area contributed by atoms with E-state index >= 15 is 0 Å². The van der Waals surface area contributed by atoms with Crippen molar-refractivity contribution in [3.05, 3.63) is 59.0 Å². The fourth-order valence-electron chi connectivity index (χ4n) is 4.17. The quantitative estimate of drug-likeness (QED) is 0.314. The number of rotatable bonds is 5. The second-order valence-electron chi connectivity index (χ2n) is 8.42. The summed E-state index contributed by atoms with van der Waals surface area (Å²) in [7, 11) is 0. The Balaban J connectivity index is 1.38. The Morgan fingerprint density at radius 2 is 1.89 bits per heavy atom. The van der Waals surface area contributed by atoms with Gasteiger partial charge in [-0.25, -0.2) is 4.98 Å². The van der Waals surface area contributed by atoms with Crippen LogP contribution in [0.3, 0.4) is 0 Å². The van der Waals surface area contributed by atoms with E-state index in [4.69, 9.17) is 14.4 Å². The minimum atomic E-state index is -0.332. The number of hydrogen-bond donors (Lipinski definition) is 1. The van der Waals surface area contributed by atoms with E-state index in [2.05, 4.69) is 20.4 Å². The normalized spacial score (nSPS) is 13.9. The van der Waals surface area contributed by atoms with Crippen molar-refractivity contribution < 1.29 is 9.21 Å². The van der Waals surface area contributed by atoms with Crippen molar-refractivity contribution in [3.63, 3.8) is 0 Å². The van der Waals surface area contributed by atoms with Crippen LogP contribution in [0.15, 0.2) is 52.3 Å². The van der Waals surface area contributed by atoms with E-state index in [1.54, 1.807) is 0 Å². The van der Waals surface area contributed by atoms with Gasteiger partial charge in [0.15, 0.2) is 10.8 Å². The molecule has 0 spiro atoms. The molecule has 1 aromatic carbocycles. The van der Waals surface area contributed by atoms with Crippen molar-refractivity contribution >= 4 is 50.1 Å². The molecule has 5 heterocycles. The summed E-state index contributed by atoms with van der Waals surface area (Å²) in [4.78, 5) is 26.3. The lowest BCUT2D eigenvalue weighted by Gasteiger charge is -2.25. The van der Waals surface area contributed by atoms with Gasteiger partial charge in [-0.2, -0.15) is 4.98 Å². The summed E-state index contributed by atoms with van der Waals surface area (Å²) in [5, 5.41) is 13.8. The van der Waals surface area contributed by atoms with E-state index in [9.17, 15) is 4.79 Å². The number of piperidine rings is 1. The minimum Gasteiger partial charge on any atom is -0.402 e. The molecule has 0 unspecified atom stereocenters. The minimum absolute atomic E-state index is 0.0600. The Bertz CT molecular complexity index is 1500. The Labute approximate surface area is 209 Å². The first-order valence-corrected chi connectivity index (χ1v) is 13.2. The van der Waals surface area contributed by atoms with Crippen molar-refractivity contribution in [2.24, 2.45) is 0 Å². The van der Waals surface area contributed by atoms with Crippen molar-refractivity contribution in [2.45, 2.75) is 26.2 Å². The van der Waals surface area contributed by atoms with Crippen LogP contribution in [0.4, 0.5) is 11.1 Å². The standard InChI is InChI=1S/C25H22N6O2S2/c1-15-10-13-34-19(15)23-29-30-24(33-23)28-22(32)17-14-18(16-8-4-2-5-9-16)26-21-20(17)35-25(27-21)31-11-6-3-7-12-31/h2,4-5,8-10,13-14H,3,6-7,11-12H2,1H3,(H,28,30,32). The second-order valence-corrected chi connectivity index (χ2v) is 10.3. The Morgan fingerprint density at radius 3 is 2.66 bits per heavy atom. The maximum absolute atomic E-state index is 13.5. The summed E-state index contributed by atoms with van der Waals surface area (Å²) in [6.07, 6.45) is 3.53. The number of thiazole rings is 1. The smallest absolute Gasteiger partial charge is 0.322 e. The van der Waals surface area contributed by atoms with Gasteiger partial charge in [0.05, 0.1) is 20.8 Å². The Morgan fingerprint density at radius 1 is 1.06 bits per heavy atom. The first kappa shape index (κ1) is 21.9. The van der Waals surface area contributed by atoms with Gasteiger partial charge in [-0.15, -0.1) is 16.4 Å². The highest BCUT2D eigenvalue weighted by atomic mass is 32.1. The van der Waals surface area contributed by atoms with Crippen LogP contribution in [0, 0.1) is 6.92 Å². The van der Waals surface area contributed by atoms with Crippen LogP contribution < -0.4 is 10.2 Å². The summed E-state index contributed by atoms with van der Waals surface area (Å²) < 4.78 is 6.50. The Kier molecular flexibility index (Phi) is 5.75. The zero-order valence-electron chi connectivity index (χ0n) is 19.0. The van der Waals surface area contributed by atoms with Crippen LogP contribution in [0.5, 0.6) is 0 Å². The number of pyridine rings is 1. The highest BCUT2D eigenvalue weighted by molar-refractivity contribution is 7.22. The molecule has 8 nitrogen and oxygen atoms in total. The van der Waals surface area contributed by atoms with Gasteiger partial charge in [-0.05, 0) is 49.3 Å². The molecule has 4 aromatic heterocycles. The van der Waals surface area contributed by atoms with Gasteiger partial charge < -0.3 is 9.32 Å². The van der Waals surface area contributed by atoms with Gasteiger partial charge in [-0.1, -0.05) is 46.8 Å². The van der Waals surface area contributed by atoms with Gasteiger partial charge in [0.2, 0.25) is 0 Å². The maximum atomic E-state index is 13.5. The lowest BCUT2D eigenvalue weighted by Crippen LogP contribution is -2.29. The Hall–Kier alpha value is -3.63. The third-order valence-corrected chi connectivity index (χ3v) is 8.14. The molecular weight excluding hydrogens is 480 g/mol. The monoisotopic (exact) mass is 502 g/mol. The number of aryl methyl sites for hydroxylation is 1. The van der Waals surface area contributed by atoms with E-state index in [1.807, 2.05) is 54.8 Å². The molecule has 0 bridgehead atoms. The predicted molar refractivity (Wildman–Crippen MR) is 139 cm³/mol. The van der Waals surface area contributed by atoms with Crippen LogP contribution in [0.25, 0.3) is 32.4 Å². The van der Waals surface area contributed by atoms with Gasteiger partial charge in [-0.3, -0.25) is 10.1 Å². The number of anilines is 2. The lowest BCUT2D eigenvalue weighted by atomic mass is 10.1. The molecule has 1 amide bonds. The summed E-state index contributed by atoms with van der Waals surface area (Å²) in [6, 6.07) is 13.7. The molecule has 176 valence electrons. The summed E-state index contributed by atoms with van der Waals surface area (Å²) in [5.41, 5.74) is 3.72. The van der Waals surface area contributed by atoms with Gasteiger partial charge in [0, 0.05) is 18.7 Å². The molecule has 1 N–H and O–H groups in total. The third kappa shape index (κ3) is 4.30. The van der Waals surface area contributed by atoms with Gasteiger partial charge in [0.1, 0.15) is 0 Å². The molecule has 0 atom stereocenters. The summed E-state index contributed by atoms with van der Waals surface area (Å²) in [5.74, 6) is 0.0596. The van der Waals surface area contributed by atoms with Crippen molar-refractivity contribution in [2.75, 3.05) is 23.3 Å². The highest BCUT2D eigenvalue weighted by Gasteiger charge is 2.23. The maximum Gasteiger partial charge on any atom is 0.322 e. The number of amides is 1. The van der Waals surface area contributed by atoms with Crippen LogP contribution in [0.2, 0.25) is 0 Å². The summed E-state index contributed by atoms with van der Waals surface area (Å²) >= 11 is 3.03. The molecule has 35 heavy (non-hydrogen) atoms. The molecule has 0 aliphatic carbocycles. The molecule has 1 fully saturated rings. The molecular formula is C25H22N6O2S2. The predicted octanol–water partition coefficient (Wildman–Crippen LogP) is 6.02. The molecule has 1 aliphatic heterocycles. The number of thiophene rings is 1. The topological polar surface area (TPSA) is 97.0 Å². The van der Waals surface area contributed by atoms with Gasteiger partial charge in [0.25, 0.3) is 11.8 Å². The first-order chi connectivity index (χ1) is 17.2. The zero-order chi connectivity index (χ0) is 23.8. The fraction of sp³-hybridized carbons (Fsp3) is 0.240. The largest absolute Gasteiger partial charge is 0.402 e. The number of aromatic nitrogens is 4. The number of carbonyl (C=O) groups excluding carboxylic acids is 1. The van der Waals surface area contributed by atoms with Crippen molar-refractivity contribution in [3.8, 4) is 22.0 Å². The van der Waals surface area contributed by atoms with E-state index in [0.717, 1.165) is 51.8 Å². The molecule has 6 rings (SSSR count). The van der Waals surface area contributed by atoms with Crippen molar-refractivity contribution in [1.82, 2.24) is 20.2 Å². The van der Waals surface area contributed by atoms with Crippen LogP contribution in [0.1, 0.15) is 35.2 Å². The zero-order valence-corrected chi connectivity index (χ0v) is 20.7. The van der Waals surface area contributed by atoms with Crippen LogP contribution in [-0.4, -0.2) is 39.2 Å². The number of benzene rings is 1.